The second-order valence-corrected chi connectivity index (χ2v) is 4.07. The minimum atomic E-state index is 0.941. The van der Waals surface area contributed by atoms with E-state index in [0.717, 1.165) is 24.2 Å². The number of nitrogens with zero attached hydrogens (tertiary/aromatic N) is 1. The van der Waals surface area contributed by atoms with E-state index in [1.807, 2.05) is 0 Å². The highest BCUT2D eigenvalue weighted by molar-refractivity contribution is 5.92. The molecule has 2 heteroatoms. The maximum absolute atomic E-state index is 4.64. The van der Waals surface area contributed by atoms with Gasteiger partial charge in [0.1, 0.15) is 0 Å². The molecule has 84 valence electrons. The number of nitrogens with one attached hydrogen (secondary N) is 1. The molecule has 0 saturated heterocycles. The van der Waals surface area contributed by atoms with Gasteiger partial charge in [-0.05, 0) is 38.5 Å². The maximum Gasteiger partial charge on any atom is 0.0726 e. The normalized spacial score (nSPS) is 10.7. The van der Waals surface area contributed by atoms with Crippen molar-refractivity contribution in [3.8, 4) is 0 Å². The minimum absolute atomic E-state index is 0.941. The first-order valence-electron chi connectivity index (χ1n) is 5.88. The predicted molar refractivity (Wildman–Crippen MR) is 70.0 cm³/mol. The monoisotopic (exact) mass is 214 g/mol. The molecule has 16 heavy (non-hydrogen) atoms. The number of hydrogen-bond acceptors (Lipinski definition) is 2. The Bertz CT molecular complexity index is 503. The van der Waals surface area contributed by atoms with Crippen LogP contribution in [-0.4, -0.2) is 11.5 Å². The summed E-state index contributed by atoms with van der Waals surface area (Å²) in [6, 6.07) is 8.57. The van der Waals surface area contributed by atoms with Crippen LogP contribution in [0, 0.1) is 6.92 Å². The highest BCUT2D eigenvalue weighted by Gasteiger charge is 2.04. The Morgan fingerprint density at radius 2 is 2.00 bits per heavy atom. The van der Waals surface area contributed by atoms with Gasteiger partial charge in [-0.15, -0.1) is 0 Å². The third kappa shape index (κ3) is 2.01. The average molecular weight is 214 g/mol. The van der Waals surface area contributed by atoms with Gasteiger partial charge in [0.25, 0.3) is 0 Å². The molecule has 2 nitrogen and oxygen atoms in total. The van der Waals surface area contributed by atoms with Gasteiger partial charge in [-0.3, -0.25) is 4.98 Å². The van der Waals surface area contributed by atoms with E-state index in [0.29, 0.717) is 0 Å². The lowest BCUT2D eigenvalue weighted by molar-refractivity contribution is 1.05. The lowest BCUT2D eigenvalue weighted by Gasteiger charge is -2.10. The third-order valence-electron chi connectivity index (χ3n) is 2.75. The molecule has 0 aliphatic carbocycles. The van der Waals surface area contributed by atoms with Crippen molar-refractivity contribution in [3.63, 3.8) is 0 Å². The van der Waals surface area contributed by atoms with Gasteiger partial charge in [0.2, 0.25) is 0 Å². The largest absolute Gasteiger partial charge is 0.385 e. The molecule has 0 spiro atoms. The average Bonchev–Trinajstić information content (AvgIpc) is 2.30. The Balaban J connectivity index is 2.66. The van der Waals surface area contributed by atoms with Crippen LogP contribution in [0.15, 0.2) is 24.3 Å². The maximum atomic E-state index is 4.64. The molecule has 1 N–H and O–H groups in total. The van der Waals surface area contributed by atoms with Gasteiger partial charge in [0.15, 0.2) is 0 Å². The van der Waals surface area contributed by atoms with Crippen LogP contribution in [-0.2, 0) is 6.42 Å². The third-order valence-corrected chi connectivity index (χ3v) is 2.75. The first-order valence-corrected chi connectivity index (χ1v) is 5.88. The van der Waals surface area contributed by atoms with Crippen molar-refractivity contribution in [2.45, 2.75) is 27.2 Å². The van der Waals surface area contributed by atoms with Crippen LogP contribution in [0.1, 0.15) is 25.1 Å². The van der Waals surface area contributed by atoms with Crippen molar-refractivity contribution in [1.29, 1.82) is 0 Å². The van der Waals surface area contributed by atoms with Gasteiger partial charge in [0, 0.05) is 23.3 Å². The fourth-order valence-corrected chi connectivity index (χ4v) is 1.91. The molecule has 2 rings (SSSR count). The van der Waals surface area contributed by atoms with Crippen molar-refractivity contribution >= 4 is 16.6 Å². The van der Waals surface area contributed by atoms with Crippen molar-refractivity contribution < 1.29 is 0 Å². The number of anilines is 1. The van der Waals surface area contributed by atoms with Crippen LogP contribution in [0.25, 0.3) is 10.9 Å². The molecule has 0 unspecified atom stereocenters. The van der Waals surface area contributed by atoms with Crippen LogP contribution in [0.2, 0.25) is 0 Å². The van der Waals surface area contributed by atoms with Crippen LogP contribution in [0.3, 0.4) is 0 Å². The molecule has 1 aromatic heterocycles. The van der Waals surface area contributed by atoms with E-state index in [1.54, 1.807) is 0 Å². The number of benzene rings is 1. The Kier molecular flexibility index (Phi) is 3.09. The zero-order chi connectivity index (χ0) is 11.5. The zero-order valence-electron chi connectivity index (χ0n) is 10.2. The number of pyridine rings is 1. The quantitative estimate of drug-likeness (QED) is 0.845. The molecule has 0 radical (unpaired) electrons. The predicted octanol–water partition coefficient (Wildman–Crippen LogP) is 3.54. The molecule has 0 atom stereocenters. The fraction of sp³-hybridized carbons (Fsp3) is 0.357. The Hall–Kier alpha value is -1.57. The molecule has 0 saturated carbocycles. The van der Waals surface area contributed by atoms with Crippen molar-refractivity contribution in [1.82, 2.24) is 4.98 Å². The highest BCUT2D eigenvalue weighted by atomic mass is 14.9. The number of hydrogen-bond donors (Lipinski definition) is 1. The molecule has 0 fully saturated rings. The summed E-state index contributed by atoms with van der Waals surface area (Å²) in [5, 5.41) is 4.63. The van der Waals surface area contributed by atoms with Crippen LogP contribution in [0.4, 0.5) is 5.69 Å². The van der Waals surface area contributed by atoms with Gasteiger partial charge in [-0.2, -0.15) is 0 Å². The summed E-state index contributed by atoms with van der Waals surface area (Å²) in [5.74, 6) is 0. The summed E-state index contributed by atoms with van der Waals surface area (Å²) in [4.78, 5) is 4.64. The summed E-state index contributed by atoms with van der Waals surface area (Å²) in [6.45, 7) is 7.31. The Morgan fingerprint density at radius 1 is 1.19 bits per heavy atom. The van der Waals surface area contributed by atoms with Gasteiger partial charge >= 0.3 is 0 Å². The van der Waals surface area contributed by atoms with E-state index >= 15 is 0 Å². The van der Waals surface area contributed by atoms with Gasteiger partial charge in [-0.25, -0.2) is 0 Å². The molecule has 0 bridgehead atoms. The Labute approximate surface area is 96.7 Å². The van der Waals surface area contributed by atoms with E-state index in [9.17, 15) is 0 Å². The standard InChI is InChI=1S/C14H18N2/c1-4-11-9-14(15-5-2)12-8-10(3)6-7-13(12)16-11/h6-9H,4-5H2,1-3H3,(H,15,16). The second kappa shape index (κ2) is 4.52. The van der Waals surface area contributed by atoms with Crippen LogP contribution in [0.5, 0.6) is 0 Å². The SMILES string of the molecule is CCNc1cc(CC)nc2ccc(C)cc12. The summed E-state index contributed by atoms with van der Waals surface area (Å²) in [6.07, 6.45) is 0.974. The lowest BCUT2D eigenvalue weighted by Crippen LogP contribution is -2.00. The number of rotatable bonds is 3. The molecular weight excluding hydrogens is 196 g/mol. The summed E-state index contributed by atoms with van der Waals surface area (Å²) < 4.78 is 0. The van der Waals surface area contributed by atoms with Crippen LogP contribution < -0.4 is 5.32 Å². The summed E-state index contributed by atoms with van der Waals surface area (Å²) >= 11 is 0. The molecule has 2 aromatic rings. The lowest BCUT2D eigenvalue weighted by atomic mass is 10.1. The summed E-state index contributed by atoms with van der Waals surface area (Å²) in [5.41, 5.74) is 4.71. The molecule has 0 aliphatic heterocycles. The summed E-state index contributed by atoms with van der Waals surface area (Å²) in [7, 11) is 0. The molecule has 0 amide bonds. The highest BCUT2D eigenvalue weighted by Crippen LogP contribution is 2.24. The van der Waals surface area contributed by atoms with Crippen molar-refractivity contribution in [2.75, 3.05) is 11.9 Å². The van der Waals surface area contributed by atoms with E-state index in [-0.39, 0.29) is 0 Å². The number of fused-ring (bicyclic) bond motifs is 1. The number of aromatic nitrogens is 1. The fourth-order valence-electron chi connectivity index (χ4n) is 1.91. The first-order chi connectivity index (χ1) is 7.74. The van der Waals surface area contributed by atoms with E-state index in [2.05, 4.69) is 55.3 Å². The molecule has 1 heterocycles. The van der Waals surface area contributed by atoms with Gasteiger partial charge in [-0.1, -0.05) is 18.6 Å². The second-order valence-electron chi connectivity index (χ2n) is 4.07. The van der Waals surface area contributed by atoms with Gasteiger partial charge in [0.05, 0.1) is 5.52 Å². The van der Waals surface area contributed by atoms with Crippen molar-refractivity contribution in [3.05, 3.63) is 35.5 Å². The van der Waals surface area contributed by atoms with Crippen molar-refractivity contribution in [2.24, 2.45) is 0 Å². The smallest absolute Gasteiger partial charge is 0.0726 e. The van der Waals surface area contributed by atoms with E-state index in [1.165, 1.54) is 16.6 Å². The minimum Gasteiger partial charge on any atom is -0.385 e. The molecular formula is C14H18N2. The first kappa shape index (κ1) is 10.9. The number of aryl methyl sites for hydroxylation is 2. The zero-order valence-corrected chi connectivity index (χ0v) is 10.2. The van der Waals surface area contributed by atoms with Gasteiger partial charge < -0.3 is 5.32 Å². The van der Waals surface area contributed by atoms with E-state index < -0.39 is 0 Å². The van der Waals surface area contributed by atoms with Crippen LogP contribution >= 0.6 is 0 Å². The van der Waals surface area contributed by atoms with E-state index in [4.69, 9.17) is 0 Å². The topological polar surface area (TPSA) is 24.9 Å². The molecule has 1 aromatic carbocycles. The molecule has 0 aliphatic rings. The Morgan fingerprint density at radius 3 is 2.69 bits per heavy atom.